The predicted molar refractivity (Wildman–Crippen MR) is 56.5 cm³/mol. The minimum absolute atomic E-state index is 0.228. The lowest BCUT2D eigenvalue weighted by atomic mass is 10.3. The Labute approximate surface area is 84.9 Å². The molecule has 5 heteroatoms. The second-order valence-corrected chi connectivity index (χ2v) is 3.97. The number of hydrogen-bond acceptors (Lipinski definition) is 4. The van der Waals surface area contributed by atoms with E-state index >= 15 is 0 Å². The van der Waals surface area contributed by atoms with Crippen molar-refractivity contribution >= 4 is 5.84 Å². The molecular weight excluding hydrogens is 180 g/mol. The Kier molecular flexibility index (Phi) is 4.16. The van der Waals surface area contributed by atoms with Crippen LogP contribution in [-0.4, -0.2) is 48.2 Å². The second-order valence-electron chi connectivity index (χ2n) is 3.97. The first-order valence-electron chi connectivity index (χ1n) is 5.04. The van der Waals surface area contributed by atoms with Crippen LogP contribution in [0.1, 0.15) is 19.8 Å². The maximum absolute atomic E-state index is 8.32. The second kappa shape index (κ2) is 5.17. The SMILES string of the molecule is CC(CNCC(N)=NO)N(C)C1CC1. The van der Waals surface area contributed by atoms with Crippen molar-refractivity contribution in [3.8, 4) is 0 Å². The van der Waals surface area contributed by atoms with Crippen LogP contribution in [0.3, 0.4) is 0 Å². The van der Waals surface area contributed by atoms with Crippen LogP contribution in [0.15, 0.2) is 5.16 Å². The third-order valence-electron chi connectivity index (χ3n) is 2.69. The molecule has 0 amide bonds. The van der Waals surface area contributed by atoms with Crippen LogP contribution in [0, 0.1) is 0 Å². The molecule has 0 saturated heterocycles. The molecule has 4 N–H and O–H groups in total. The average molecular weight is 200 g/mol. The van der Waals surface area contributed by atoms with Gasteiger partial charge in [-0.2, -0.15) is 0 Å². The van der Waals surface area contributed by atoms with Crippen molar-refractivity contribution in [1.82, 2.24) is 10.2 Å². The molecule has 1 aliphatic rings. The normalized spacial score (nSPS) is 20.1. The van der Waals surface area contributed by atoms with E-state index in [9.17, 15) is 0 Å². The van der Waals surface area contributed by atoms with Gasteiger partial charge >= 0.3 is 0 Å². The maximum atomic E-state index is 8.32. The van der Waals surface area contributed by atoms with Crippen molar-refractivity contribution in [2.24, 2.45) is 10.9 Å². The zero-order valence-electron chi connectivity index (χ0n) is 8.90. The minimum atomic E-state index is 0.228. The Morgan fingerprint density at radius 1 is 1.71 bits per heavy atom. The van der Waals surface area contributed by atoms with Gasteiger partial charge in [0, 0.05) is 18.6 Å². The molecule has 0 aromatic carbocycles. The Balaban J connectivity index is 2.10. The van der Waals surface area contributed by atoms with Crippen molar-refractivity contribution in [2.75, 3.05) is 20.1 Å². The van der Waals surface area contributed by atoms with E-state index in [1.165, 1.54) is 12.8 Å². The Hall–Kier alpha value is -0.810. The summed E-state index contributed by atoms with van der Waals surface area (Å²) in [5.74, 6) is 0.228. The van der Waals surface area contributed by atoms with Crippen molar-refractivity contribution in [2.45, 2.75) is 31.8 Å². The first kappa shape index (κ1) is 11.3. The summed E-state index contributed by atoms with van der Waals surface area (Å²) in [6.45, 7) is 3.49. The van der Waals surface area contributed by atoms with Gasteiger partial charge < -0.3 is 16.3 Å². The zero-order valence-corrected chi connectivity index (χ0v) is 8.90. The Bertz CT molecular complexity index is 203. The quantitative estimate of drug-likeness (QED) is 0.240. The summed E-state index contributed by atoms with van der Waals surface area (Å²) < 4.78 is 0. The number of nitrogens with zero attached hydrogens (tertiary/aromatic N) is 2. The average Bonchev–Trinajstić information content (AvgIpc) is 2.99. The summed E-state index contributed by atoms with van der Waals surface area (Å²) in [7, 11) is 2.15. The topological polar surface area (TPSA) is 73.9 Å². The van der Waals surface area contributed by atoms with Gasteiger partial charge in [0.05, 0.1) is 6.54 Å². The molecule has 1 saturated carbocycles. The number of nitrogens with one attached hydrogen (secondary N) is 1. The third-order valence-corrected chi connectivity index (χ3v) is 2.69. The first-order chi connectivity index (χ1) is 6.65. The largest absolute Gasteiger partial charge is 0.409 e. The lowest BCUT2D eigenvalue weighted by Gasteiger charge is -2.24. The number of hydrogen-bond donors (Lipinski definition) is 3. The summed E-state index contributed by atoms with van der Waals surface area (Å²) >= 11 is 0. The summed E-state index contributed by atoms with van der Waals surface area (Å²) in [4.78, 5) is 2.37. The van der Waals surface area contributed by atoms with Crippen LogP contribution in [-0.2, 0) is 0 Å². The zero-order chi connectivity index (χ0) is 10.6. The molecule has 1 aliphatic carbocycles. The van der Waals surface area contributed by atoms with Gasteiger partial charge in [0.1, 0.15) is 0 Å². The third kappa shape index (κ3) is 3.51. The van der Waals surface area contributed by atoms with Crippen LogP contribution in [0.25, 0.3) is 0 Å². The van der Waals surface area contributed by atoms with Gasteiger partial charge in [0.15, 0.2) is 5.84 Å². The molecular formula is C9H20N4O. The summed E-state index contributed by atoms with van der Waals surface area (Å²) in [5, 5.41) is 14.4. The highest BCUT2D eigenvalue weighted by atomic mass is 16.4. The summed E-state index contributed by atoms with van der Waals surface area (Å²) in [6.07, 6.45) is 2.64. The van der Waals surface area contributed by atoms with Crippen molar-refractivity contribution in [1.29, 1.82) is 0 Å². The molecule has 0 heterocycles. The van der Waals surface area contributed by atoms with Crippen molar-refractivity contribution < 1.29 is 5.21 Å². The van der Waals surface area contributed by atoms with E-state index in [2.05, 4.69) is 29.3 Å². The first-order valence-corrected chi connectivity index (χ1v) is 5.04. The highest BCUT2D eigenvalue weighted by Crippen LogP contribution is 2.26. The molecule has 0 aromatic heterocycles. The van der Waals surface area contributed by atoms with Crippen molar-refractivity contribution in [3.63, 3.8) is 0 Å². The van der Waals surface area contributed by atoms with Gasteiger partial charge in [-0.05, 0) is 26.8 Å². The van der Waals surface area contributed by atoms with Gasteiger partial charge in [-0.25, -0.2) is 0 Å². The summed E-state index contributed by atoms with van der Waals surface area (Å²) in [5.41, 5.74) is 5.33. The van der Waals surface area contributed by atoms with E-state index in [1.54, 1.807) is 0 Å². The maximum Gasteiger partial charge on any atom is 0.153 e. The van der Waals surface area contributed by atoms with E-state index in [0.29, 0.717) is 12.6 Å². The smallest absolute Gasteiger partial charge is 0.153 e. The van der Waals surface area contributed by atoms with E-state index in [-0.39, 0.29) is 5.84 Å². The molecule has 1 rings (SSSR count). The van der Waals surface area contributed by atoms with Gasteiger partial charge in [-0.15, -0.1) is 0 Å². The number of nitrogens with two attached hydrogens (primary N) is 1. The van der Waals surface area contributed by atoms with Crippen LogP contribution in [0.2, 0.25) is 0 Å². The van der Waals surface area contributed by atoms with E-state index in [0.717, 1.165) is 12.6 Å². The standard InChI is InChI=1S/C9H20N4O/c1-7(13(2)8-3-4-8)5-11-6-9(10)12-14/h7-8,11,14H,3-6H2,1-2H3,(H2,10,12). The molecule has 1 unspecified atom stereocenters. The van der Waals surface area contributed by atoms with Crippen LogP contribution in [0.4, 0.5) is 0 Å². The lowest BCUT2D eigenvalue weighted by molar-refractivity contribution is 0.243. The fraction of sp³-hybridized carbons (Fsp3) is 0.889. The molecule has 1 fully saturated rings. The fourth-order valence-electron chi connectivity index (χ4n) is 1.43. The van der Waals surface area contributed by atoms with E-state index < -0.39 is 0 Å². The number of oxime groups is 1. The Morgan fingerprint density at radius 2 is 2.36 bits per heavy atom. The molecule has 14 heavy (non-hydrogen) atoms. The monoisotopic (exact) mass is 200 g/mol. The molecule has 0 spiro atoms. The van der Waals surface area contributed by atoms with E-state index in [4.69, 9.17) is 10.9 Å². The number of rotatable bonds is 6. The van der Waals surface area contributed by atoms with Crippen LogP contribution >= 0.6 is 0 Å². The number of likely N-dealkylation sites (N-methyl/N-ethyl adjacent to an activating group) is 1. The molecule has 82 valence electrons. The van der Waals surface area contributed by atoms with Gasteiger partial charge in [0.2, 0.25) is 0 Å². The predicted octanol–water partition coefficient (Wildman–Crippen LogP) is -0.195. The van der Waals surface area contributed by atoms with Gasteiger partial charge in [0.25, 0.3) is 0 Å². The van der Waals surface area contributed by atoms with Crippen LogP contribution < -0.4 is 11.1 Å². The molecule has 0 bridgehead atoms. The van der Waals surface area contributed by atoms with E-state index in [1.807, 2.05) is 0 Å². The van der Waals surface area contributed by atoms with Crippen molar-refractivity contribution in [3.05, 3.63) is 0 Å². The molecule has 0 aromatic rings. The number of amidine groups is 1. The highest BCUT2D eigenvalue weighted by molar-refractivity contribution is 5.81. The van der Waals surface area contributed by atoms with Gasteiger partial charge in [-0.1, -0.05) is 5.16 Å². The molecule has 0 aliphatic heterocycles. The lowest BCUT2D eigenvalue weighted by Crippen LogP contribution is -2.41. The minimum Gasteiger partial charge on any atom is -0.409 e. The molecule has 1 atom stereocenters. The molecule has 5 nitrogen and oxygen atoms in total. The highest BCUT2D eigenvalue weighted by Gasteiger charge is 2.28. The fourth-order valence-corrected chi connectivity index (χ4v) is 1.43. The van der Waals surface area contributed by atoms with Gasteiger partial charge in [-0.3, -0.25) is 4.90 Å². The van der Waals surface area contributed by atoms with Crippen LogP contribution in [0.5, 0.6) is 0 Å². The molecule has 0 radical (unpaired) electrons. The Morgan fingerprint density at radius 3 is 2.86 bits per heavy atom. The summed E-state index contributed by atoms with van der Waals surface area (Å²) in [6, 6.07) is 1.27.